The summed E-state index contributed by atoms with van der Waals surface area (Å²) in [7, 11) is 0. The second-order valence-corrected chi connectivity index (χ2v) is 7.15. The highest BCUT2D eigenvalue weighted by atomic mass is 16.4. The number of hydrogen-bond acceptors (Lipinski definition) is 7. The highest BCUT2D eigenvalue weighted by molar-refractivity contribution is 5.92. The number of nitrogens with one attached hydrogen (secondary N) is 3. The maximum absolute atomic E-state index is 12.9. The highest BCUT2D eigenvalue weighted by Gasteiger charge is 2.29. The number of H-pyrrole nitrogens is 1. The van der Waals surface area contributed by atoms with E-state index in [1.165, 1.54) is 36.8 Å². The molecule has 2 rings (SSSR count). The summed E-state index contributed by atoms with van der Waals surface area (Å²) in [5.74, 6) is -3.87. The standard InChI is InChI=1S/C20H25N5O7/c21-14(5-6-17(27)28)18(29)24-15(8-12-9-22-10-23-12)19(30)25-16(20(31)32)7-11-1-3-13(26)4-2-11/h1-4,9-10,14-16,26H,5-8,21H2,(H,22,23)(H,24,29)(H,25,30)(H,27,28)(H,31,32)/t14-,15-,16-/m0/s1. The van der Waals surface area contributed by atoms with Gasteiger partial charge >= 0.3 is 11.9 Å². The molecule has 2 amide bonds. The molecule has 0 fully saturated rings. The van der Waals surface area contributed by atoms with Crippen LogP contribution in [0.4, 0.5) is 0 Å². The Balaban J connectivity index is 2.10. The Bertz CT molecular complexity index is 930. The van der Waals surface area contributed by atoms with E-state index in [9.17, 15) is 29.4 Å². The van der Waals surface area contributed by atoms with E-state index < -0.39 is 41.9 Å². The highest BCUT2D eigenvalue weighted by Crippen LogP contribution is 2.12. The van der Waals surface area contributed by atoms with E-state index in [1.54, 1.807) is 0 Å². The van der Waals surface area contributed by atoms with E-state index in [1.807, 2.05) is 0 Å². The van der Waals surface area contributed by atoms with Gasteiger partial charge in [0.1, 0.15) is 17.8 Å². The molecule has 1 heterocycles. The Kier molecular flexibility index (Phi) is 8.72. The molecule has 0 aliphatic rings. The SMILES string of the molecule is N[C@@H](CCC(=O)O)C(=O)N[C@@H](Cc1cnc[nH]1)C(=O)N[C@@H](Cc1ccc(O)cc1)C(=O)O. The molecule has 0 saturated heterocycles. The van der Waals surface area contributed by atoms with Gasteiger partial charge in [-0.1, -0.05) is 12.1 Å². The lowest BCUT2D eigenvalue weighted by Crippen LogP contribution is -2.55. The van der Waals surface area contributed by atoms with Gasteiger partial charge in [0, 0.05) is 31.2 Å². The topological polar surface area (TPSA) is 208 Å². The zero-order valence-corrected chi connectivity index (χ0v) is 17.0. The molecule has 0 saturated carbocycles. The van der Waals surface area contributed by atoms with Crippen LogP contribution >= 0.6 is 0 Å². The Labute approximate surface area is 182 Å². The van der Waals surface area contributed by atoms with Crippen molar-refractivity contribution in [3.05, 3.63) is 48.0 Å². The number of benzene rings is 1. The molecule has 32 heavy (non-hydrogen) atoms. The molecule has 1 aromatic carbocycles. The van der Waals surface area contributed by atoms with Crippen molar-refractivity contribution in [2.24, 2.45) is 5.73 Å². The minimum Gasteiger partial charge on any atom is -0.508 e. The van der Waals surface area contributed by atoms with E-state index in [4.69, 9.17) is 10.8 Å². The summed E-state index contributed by atoms with van der Waals surface area (Å²) >= 11 is 0. The number of imidazole rings is 1. The average Bonchev–Trinajstić information content (AvgIpc) is 3.25. The Morgan fingerprint density at radius 3 is 2.22 bits per heavy atom. The molecular weight excluding hydrogens is 422 g/mol. The number of amides is 2. The smallest absolute Gasteiger partial charge is 0.326 e. The molecule has 0 unspecified atom stereocenters. The van der Waals surface area contributed by atoms with Crippen LogP contribution in [0.5, 0.6) is 5.75 Å². The molecule has 0 aliphatic carbocycles. The van der Waals surface area contributed by atoms with Gasteiger partial charge in [-0.25, -0.2) is 9.78 Å². The number of carboxylic acid groups (broad SMARTS) is 2. The van der Waals surface area contributed by atoms with Crippen LogP contribution in [0.3, 0.4) is 0 Å². The van der Waals surface area contributed by atoms with E-state index >= 15 is 0 Å². The number of rotatable bonds is 12. The van der Waals surface area contributed by atoms with Crippen LogP contribution < -0.4 is 16.4 Å². The third-order valence-corrected chi connectivity index (χ3v) is 4.61. The Morgan fingerprint density at radius 2 is 1.66 bits per heavy atom. The summed E-state index contributed by atoms with van der Waals surface area (Å²) in [4.78, 5) is 54.2. The van der Waals surface area contributed by atoms with Crippen LogP contribution in [0.15, 0.2) is 36.8 Å². The molecule has 0 bridgehead atoms. The first-order valence-electron chi connectivity index (χ1n) is 9.71. The van der Waals surface area contributed by atoms with Gasteiger partial charge in [0.15, 0.2) is 0 Å². The van der Waals surface area contributed by atoms with Crippen molar-refractivity contribution >= 4 is 23.8 Å². The number of phenolic OH excluding ortho intramolecular Hbond substituents is 1. The van der Waals surface area contributed by atoms with Gasteiger partial charge in [0.2, 0.25) is 11.8 Å². The molecule has 2 aromatic rings. The number of hydrogen-bond donors (Lipinski definition) is 7. The molecule has 12 nitrogen and oxygen atoms in total. The summed E-state index contributed by atoms with van der Waals surface area (Å²) < 4.78 is 0. The summed E-state index contributed by atoms with van der Waals surface area (Å²) in [5.41, 5.74) is 6.79. The third kappa shape index (κ3) is 7.72. The first-order chi connectivity index (χ1) is 15.2. The molecule has 12 heteroatoms. The number of carbonyl (C=O) groups is 4. The molecule has 0 radical (unpaired) electrons. The van der Waals surface area contributed by atoms with Crippen LogP contribution in [0, 0.1) is 0 Å². The second-order valence-electron chi connectivity index (χ2n) is 7.15. The number of carbonyl (C=O) groups excluding carboxylic acids is 2. The molecule has 172 valence electrons. The van der Waals surface area contributed by atoms with Crippen LogP contribution in [0.25, 0.3) is 0 Å². The zero-order chi connectivity index (χ0) is 23.7. The van der Waals surface area contributed by atoms with E-state index in [0.717, 1.165) is 0 Å². The van der Waals surface area contributed by atoms with Gasteiger partial charge in [0.25, 0.3) is 0 Å². The molecular formula is C20H25N5O7. The van der Waals surface area contributed by atoms with E-state index in [2.05, 4.69) is 20.6 Å². The number of nitrogens with zero attached hydrogens (tertiary/aromatic N) is 1. The van der Waals surface area contributed by atoms with Crippen molar-refractivity contribution in [3.8, 4) is 5.75 Å². The van der Waals surface area contributed by atoms with Gasteiger partial charge < -0.3 is 36.7 Å². The maximum atomic E-state index is 12.9. The first-order valence-corrected chi connectivity index (χ1v) is 9.71. The van der Waals surface area contributed by atoms with Gasteiger partial charge in [-0.3, -0.25) is 14.4 Å². The van der Waals surface area contributed by atoms with Gasteiger partial charge in [0.05, 0.1) is 12.4 Å². The van der Waals surface area contributed by atoms with Crippen LogP contribution in [-0.2, 0) is 32.0 Å². The number of aromatic nitrogens is 2. The fourth-order valence-corrected chi connectivity index (χ4v) is 2.85. The van der Waals surface area contributed by atoms with Crippen molar-refractivity contribution in [2.45, 2.75) is 43.8 Å². The lowest BCUT2D eigenvalue weighted by atomic mass is 10.0. The number of phenols is 1. The predicted octanol–water partition coefficient (Wildman–Crippen LogP) is -0.853. The van der Waals surface area contributed by atoms with Crippen LogP contribution in [0.1, 0.15) is 24.1 Å². The largest absolute Gasteiger partial charge is 0.508 e. The minimum absolute atomic E-state index is 0.0191. The summed E-state index contributed by atoms with van der Waals surface area (Å²) in [6.07, 6.45) is 2.31. The van der Waals surface area contributed by atoms with Gasteiger partial charge in [-0.05, 0) is 24.1 Å². The van der Waals surface area contributed by atoms with Crippen molar-refractivity contribution in [2.75, 3.05) is 0 Å². The molecule has 8 N–H and O–H groups in total. The fourth-order valence-electron chi connectivity index (χ4n) is 2.85. The summed E-state index contributed by atoms with van der Waals surface area (Å²) in [6, 6.07) is 2.22. The van der Waals surface area contributed by atoms with Crippen LogP contribution in [0.2, 0.25) is 0 Å². The van der Waals surface area contributed by atoms with E-state index in [0.29, 0.717) is 11.3 Å². The Hall–Kier alpha value is -3.93. The number of aliphatic carboxylic acids is 2. The predicted molar refractivity (Wildman–Crippen MR) is 110 cm³/mol. The van der Waals surface area contributed by atoms with Crippen molar-refractivity contribution in [1.29, 1.82) is 0 Å². The molecule has 0 spiro atoms. The fraction of sp³-hybridized carbons (Fsp3) is 0.350. The molecule has 0 aliphatic heterocycles. The lowest BCUT2D eigenvalue weighted by molar-refractivity contribution is -0.142. The van der Waals surface area contributed by atoms with Crippen molar-refractivity contribution < 1.29 is 34.5 Å². The second kappa shape index (κ2) is 11.5. The molecule has 3 atom stereocenters. The van der Waals surface area contributed by atoms with E-state index in [-0.39, 0.29) is 31.4 Å². The number of aromatic hydroxyl groups is 1. The van der Waals surface area contributed by atoms with Crippen LogP contribution in [-0.4, -0.2) is 67.2 Å². The first kappa shape index (κ1) is 24.3. The Morgan fingerprint density at radius 1 is 1.00 bits per heavy atom. The summed E-state index contributed by atoms with van der Waals surface area (Å²) in [5, 5.41) is 32.5. The van der Waals surface area contributed by atoms with Gasteiger partial charge in [-0.2, -0.15) is 0 Å². The quantitative estimate of drug-likeness (QED) is 0.216. The number of aromatic amines is 1. The summed E-state index contributed by atoms with van der Waals surface area (Å²) in [6.45, 7) is 0. The third-order valence-electron chi connectivity index (χ3n) is 4.61. The van der Waals surface area contributed by atoms with Crippen molar-refractivity contribution in [3.63, 3.8) is 0 Å². The van der Waals surface area contributed by atoms with Crippen molar-refractivity contribution in [1.82, 2.24) is 20.6 Å². The lowest BCUT2D eigenvalue weighted by Gasteiger charge is -2.22. The average molecular weight is 447 g/mol. The number of carboxylic acids is 2. The maximum Gasteiger partial charge on any atom is 0.326 e. The zero-order valence-electron chi connectivity index (χ0n) is 17.0. The van der Waals surface area contributed by atoms with Gasteiger partial charge in [-0.15, -0.1) is 0 Å². The normalized spacial score (nSPS) is 13.5. The monoisotopic (exact) mass is 447 g/mol. The molecule has 1 aromatic heterocycles. The minimum atomic E-state index is -1.30. The number of nitrogens with two attached hydrogens (primary N) is 1.